The Balaban J connectivity index is 2.01. The van der Waals surface area contributed by atoms with Crippen LogP contribution in [0.25, 0.3) is 18.3 Å². The van der Waals surface area contributed by atoms with Gasteiger partial charge in [-0.25, -0.2) is 4.68 Å². The predicted octanol–water partition coefficient (Wildman–Crippen LogP) is 1.65. The van der Waals surface area contributed by atoms with Crippen molar-refractivity contribution in [3.63, 3.8) is 0 Å². The molecule has 3 rings (SSSR count). The standard InChI is InChI=1S/C20H22N4O/c1-4-23(5-2)17-10-8-16(9-11-17)13-19-15(3)22-24(20(19)25)18-7-6-12-21-14-18/h6-14,22H,3-5H2,1-2H3. The number of nitrogens with zero attached hydrogens (tertiary/aromatic N) is 3. The van der Waals surface area contributed by atoms with Crippen molar-refractivity contribution in [3.8, 4) is 5.69 Å². The fraction of sp³-hybridized carbons (Fsp3) is 0.200. The molecular formula is C20H22N4O. The Bertz CT molecular complexity index is 997. The number of benzene rings is 1. The summed E-state index contributed by atoms with van der Waals surface area (Å²) in [5.74, 6) is 0. The number of nitrogens with one attached hydrogen (secondary N) is 1. The average molecular weight is 334 g/mol. The van der Waals surface area contributed by atoms with Gasteiger partial charge in [-0.2, -0.15) is 0 Å². The van der Waals surface area contributed by atoms with Crippen LogP contribution >= 0.6 is 0 Å². The molecule has 0 atom stereocenters. The highest BCUT2D eigenvalue weighted by Crippen LogP contribution is 2.14. The van der Waals surface area contributed by atoms with E-state index in [-0.39, 0.29) is 5.56 Å². The van der Waals surface area contributed by atoms with Crippen molar-refractivity contribution < 1.29 is 0 Å². The van der Waals surface area contributed by atoms with Gasteiger partial charge in [-0.3, -0.25) is 14.9 Å². The summed E-state index contributed by atoms with van der Waals surface area (Å²) in [6.45, 7) is 10.2. The first kappa shape index (κ1) is 16.8. The summed E-state index contributed by atoms with van der Waals surface area (Å²) in [5.41, 5.74) is 2.70. The van der Waals surface area contributed by atoms with Crippen LogP contribution in [0.1, 0.15) is 19.4 Å². The molecule has 1 N–H and O–H groups in total. The zero-order chi connectivity index (χ0) is 17.8. The van der Waals surface area contributed by atoms with E-state index in [4.69, 9.17) is 0 Å². The smallest absolute Gasteiger partial charge is 0.279 e. The molecule has 0 saturated carbocycles. The van der Waals surface area contributed by atoms with E-state index in [1.807, 2.05) is 24.3 Å². The van der Waals surface area contributed by atoms with Gasteiger partial charge in [0, 0.05) is 25.0 Å². The lowest BCUT2D eigenvalue weighted by atomic mass is 10.1. The van der Waals surface area contributed by atoms with E-state index in [1.54, 1.807) is 18.5 Å². The van der Waals surface area contributed by atoms with Gasteiger partial charge in [0.05, 0.1) is 22.5 Å². The fourth-order valence-electron chi connectivity index (χ4n) is 2.85. The van der Waals surface area contributed by atoms with Gasteiger partial charge in [-0.05, 0) is 49.8 Å². The van der Waals surface area contributed by atoms with E-state index in [0.717, 1.165) is 18.7 Å². The van der Waals surface area contributed by atoms with E-state index in [1.165, 1.54) is 10.4 Å². The van der Waals surface area contributed by atoms with Crippen LogP contribution in [0.15, 0.2) is 53.6 Å². The molecule has 128 valence electrons. The molecule has 0 aliphatic heterocycles. The first-order valence-corrected chi connectivity index (χ1v) is 8.41. The van der Waals surface area contributed by atoms with Gasteiger partial charge in [0.1, 0.15) is 0 Å². The molecule has 0 unspecified atom stereocenters. The van der Waals surface area contributed by atoms with Crippen LogP contribution < -0.4 is 21.0 Å². The number of rotatable bonds is 5. The average Bonchev–Trinajstić information content (AvgIpc) is 2.93. The molecule has 0 amide bonds. The second kappa shape index (κ2) is 7.21. The molecule has 0 spiro atoms. The van der Waals surface area contributed by atoms with Crippen LogP contribution in [-0.2, 0) is 0 Å². The molecule has 0 aliphatic rings. The fourth-order valence-corrected chi connectivity index (χ4v) is 2.85. The van der Waals surface area contributed by atoms with Crippen molar-refractivity contribution in [2.45, 2.75) is 13.8 Å². The highest BCUT2D eigenvalue weighted by molar-refractivity contribution is 5.56. The Kier molecular flexibility index (Phi) is 4.84. The first-order valence-electron chi connectivity index (χ1n) is 8.41. The van der Waals surface area contributed by atoms with Gasteiger partial charge >= 0.3 is 0 Å². The van der Waals surface area contributed by atoms with Crippen LogP contribution in [0.3, 0.4) is 0 Å². The molecule has 0 saturated heterocycles. The van der Waals surface area contributed by atoms with Gasteiger partial charge in [0.2, 0.25) is 0 Å². The third-order valence-corrected chi connectivity index (χ3v) is 4.24. The van der Waals surface area contributed by atoms with Gasteiger partial charge in [-0.1, -0.05) is 18.7 Å². The van der Waals surface area contributed by atoms with Crippen molar-refractivity contribution in [2.24, 2.45) is 0 Å². The van der Waals surface area contributed by atoms with Crippen molar-refractivity contribution in [3.05, 3.63) is 75.3 Å². The van der Waals surface area contributed by atoms with Crippen LogP contribution in [0.4, 0.5) is 5.69 Å². The summed E-state index contributed by atoms with van der Waals surface area (Å²) < 4.78 is 1.46. The minimum atomic E-state index is -0.134. The van der Waals surface area contributed by atoms with Crippen molar-refractivity contribution in [1.82, 2.24) is 14.8 Å². The second-order valence-corrected chi connectivity index (χ2v) is 5.76. The van der Waals surface area contributed by atoms with Gasteiger partial charge in [0.15, 0.2) is 0 Å². The summed E-state index contributed by atoms with van der Waals surface area (Å²) in [7, 11) is 0. The topological polar surface area (TPSA) is 53.9 Å². The summed E-state index contributed by atoms with van der Waals surface area (Å²) in [5, 5.41) is 4.15. The molecule has 25 heavy (non-hydrogen) atoms. The monoisotopic (exact) mass is 334 g/mol. The molecule has 2 heterocycles. The third-order valence-electron chi connectivity index (χ3n) is 4.24. The number of H-pyrrole nitrogens is 1. The van der Waals surface area contributed by atoms with Gasteiger partial charge in [0.25, 0.3) is 5.56 Å². The lowest BCUT2D eigenvalue weighted by Gasteiger charge is -2.20. The SMILES string of the molecule is C=c1[nH]n(-c2cccnc2)c(=O)c1=Cc1ccc(N(CC)CC)cc1. The highest BCUT2D eigenvalue weighted by atomic mass is 16.1. The number of hydrogen-bond acceptors (Lipinski definition) is 3. The second-order valence-electron chi connectivity index (χ2n) is 5.76. The Morgan fingerprint density at radius 3 is 2.52 bits per heavy atom. The molecule has 0 aliphatic carbocycles. The molecular weight excluding hydrogens is 312 g/mol. The van der Waals surface area contributed by atoms with E-state index in [0.29, 0.717) is 16.3 Å². The van der Waals surface area contributed by atoms with Crippen LogP contribution in [-0.4, -0.2) is 27.9 Å². The predicted molar refractivity (Wildman–Crippen MR) is 103 cm³/mol. The number of hydrogen-bond donors (Lipinski definition) is 1. The maximum absolute atomic E-state index is 12.7. The molecule has 0 fully saturated rings. The Morgan fingerprint density at radius 2 is 1.92 bits per heavy atom. The number of pyridine rings is 1. The third kappa shape index (κ3) is 3.40. The van der Waals surface area contributed by atoms with Gasteiger partial charge < -0.3 is 4.90 Å². The number of aromatic amines is 1. The lowest BCUT2D eigenvalue weighted by Crippen LogP contribution is -2.34. The van der Waals surface area contributed by atoms with Crippen molar-refractivity contribution in [1.29, 1.82) is 0 Å². The number of aromatic nitrogens is 3. The molecule has 5 nitrogen and oxygen atoms in total. The zero-order valence-corrected chi connectivity index (χ0v) is 14.6. The lowest BCUT2D eigenvalue weighted by molar-refractivity contribution is 0.833. The maximum atomic E-state index is 12.7. The van der Waals surface area contributed by atoms with E-state index < -0.39 is 0 Å². The summed E-state index contributed by atoms with van der Waals surface area (Å²) >= 11 is 0. The minimum Gasteiger partial charge on any atom is -0.372 e. The van der Waals surface area contributed by atoms with Crippen LogP contribution in [0.5, 0.6) is 0 Å². The summed E-state index contributed by atoms with van der Waals surface area (Å²) in [6.07, 6.45) is 5.17. The Morgan fingerprint density at radius 1 is 1.20 bits per heavy atom. The van der Waals surface area contributed by atoms with Crippen molar-refractivity contribution >= 4 is 18.3 Å². The Hall–Kier alpha value is -3.08. The molecule has 1 aromatic carbocycles. The summed E-state index contributed by atoms with van der Waals surface area (Å²) in [6, 6.07) is 11.8. The number of anilines is 1. The summed E-state index contributed by atoms with van der Waals surface area (Å²) in [4.78, 5) is 19.0. The van der Waals surface area contributed by atoms with E-state index in [2.05, 4.69) is 47.5 Å². The molecule has 0 radical (unpaired) electrons. The molecule has 0 bridgehead atoms. The highest BCUT2D eigenvalue weighted by Gasteiger charge is 2.05. The minimum absolute atomic E-state index is 0.134. The van der Waals surface area contributed by atoms with E-state index in [9.17, 15) is 4.79 Å². The maximum Gasteiger partial charge on any atom is 0.279 e. The first-order chi connectivity index (χ1) is 12.1. The normalized spacial score (nSPS) is 11.7. The largest absolute Gasteiger partial charge is 0.372 e. The van der Waals surface area contributed by atoms with E-state index >= 15 is 0 Å². The Labute approximate surface area is 146 Å². The van der Waals surface area contributed by atoms with Crippen LogP contribution in [0.2, 0.25) is 0 Å². The zero-order valence-electron chi connectivity index (χ0n) is 14.6. The molecule has 2 aromatic heterocycles. The quantitative estimate of drug-likeness (QED) is 0.772. The molecule has 3 aromatic rings. The molecule has 5 heteroatoms. The van der Waals surface area contributed by atoms with Crippen LogP contribution in [0, 0.1) is 0 Å². The van der Waals surface area contributed by atoms with Crippen molar-refractivity contribution in [2.75, 3.05) is 18.0 Å². The van der Waals surface area contributed by atoms with Gasteiger partial charge in [-0.15, -0.1) is 0 Å².